The highest BCUT2D eigenvalue weighted by atomic mass is 79.9. The molecule has 1 saturated carbocycles. The van der Waals surface area contributed by atoms with Gasteiger partial charge in [-0.15, -0.1) is 12.4 Å². The number of fused-ring (bicyclic) bond motifs is 1. The maximum Gasteiger partial charge on any atom is 0.312 e. The van der Waals surface area contributed by atoms with Crippen molar-refractivity contribution in [3.63, 3.8) is 0 Å². The van der Waals surface area contributed by atoms with Crippen molar-refractivity contribution < 1.29 is 4.92 Å². The Labute approximate surface area is 168 Å². The molecule has 1 aromatic heterocycles. The Hall–Kier alpha value is -0.900. The van der Waals surface area contributed by atoms with E-state index in [1.165, 1.54) is 0 Å². The van der Waals surface area contributed by atoms with Crippen LogP contribution in [-0.4, -0.2) is 26.6 Å². The smallest absolute Gasteiger partial charge is 0.312 e. The molecule has 1 heterocycles. The molecule has 138 valence electrons. The first-order valence-corrected chi connectivity index (χ1v) is 9.55. The fourth-order valence-corrected chi connectivity index (χ4v) is 4.08. The summed E-state index contributed by atoms with van der Waals surface area (Å²) in [7, 11) is 0. The van der Waals surface area contributed by atoms with Crippen LogP contribution in [0.1, 0.15) is 32.6 Å². The van der Waals surface area contributed by atoms with Crippen LogP contribution in [0, 0.1) is 10.1 Å². The first kappa shape index (κ1) is 20.4. The van der Waals surface area contributed by atoms with Crippen LogP contribution >= 0.6 is 44.3 Å². The zero-order chi connectivity index (χ0) is 17.4. The Morgan fingerprint density at radius 3 is 2.60 bits per heavy atom. The number of nitrogens with zero attached hydrogens (tertiary/aromatic N) is 3. The van der Waals surface area contributed by atoms with Gasteiger partial charge in [-0.2, -0.15) is 0 Å². The summed E-state index contributed by atoms with van der Waals surface area (Å²) < 4.78 is 3.04. The summed E-state index contributed by atoms with van der Waals surface area (Å²) in [5.41, 5.74) is 7.09. The minimum Gasteiger partial charge on any atom is -0.353 e. The van der Waals surface area contributed by atoms with Crippen molar-refractivity contribution in [1.29, 1.82) is 0 Å². The summed E-state index contributed by atoms with van der Waals surface area (Å²) in [6.45, 7) is 2.68. The van der Waals surface area contributed by atoms with Gasteiger partial charge in [-0.25, -0.2) is 4.98 Å². The number of imidazole rings is 1. The number of halogens is 3. The lowest BCUT2D eigenvalue weighted by molar-refractivity contribution is -0.384. The number of nitrogens with two attached hydrogens (primary N) is 1. The van der Waals surface area contributed by atoms with Gasteiger partial charge in [0.05, 0.1) is 10.4 Å². The van der Waals surface area contributed by atoms with Crippen molar-refractivity contribution in [2.24, 2.45) is 5.73 Å². The number of hydrogen-bond acceptors (Lipinski definition) is 5. The largest absolute Gasteiger partial charge is 0.353 e. The number of hydrogen-bond donors (Lipinski definition) is 2. The monoisotopic (exact) mass is 495 g/mol. The highest BCUT2D eigenvalue weighted by Crippen LogP contribution is 2.40. The van der Waals surface area contributed by atoms with Crippen LogP contribution in [0.2, 0.25) is 0 Å². The molecule has 0 amide bonds. The van der Waals surface area contributed by atoms with E-state index in [4.69, 9.17) is 5.73 Å². The van der Waals surface area contributed by atoms with Gasteiger partial charge in [0.15, 0.2) is 5.52 Å². The van der Waals surface area contributed by atoms with E-state index in [-0.39, 0.29) is 24.1 Å². The second kappa shape index (κ2) is 8.20. The number of nitro benzene ring substituents is 1. The van der Waals surface area contributed by atoms with Gasteiger partial charge in [0.1, 0.15) is 4.47 Å². The van der Waals surface area contributed by atoms with E-state index in [0.29, 0.717) is 33.0 Å². The lowest BCUT2D eigenvalue weighted by Gasteiger charge is -2.27. The zero-order valence-electron chi connectivity index (χ0n) is 13.7. The van der Waals surface area contributed by atoms with Crippen LogP contribution in [0.4, 0.5) is 11.6 Å². The molecular weight excluding hydrogens is 477 g/mol. The molecule has 1 fully saturated rings. The van der Waals surface area contributed by atoms with E-state index in [1.807, 2.05) is 17.6 Å². The van der Waals surface area contributed by atoms with Crippen molar-refractivity contribution >= 4 is 66.9 Å². The molecule has 1 aliphatic carbocycles. The molecule has 7 nitrogen and oxygen atoms in total. The van der Waals surface area contributed by atoms with Crippen molar-refractivity contribution in [2.75, 3.05) is 5.32 Å². The van der Waals surface area contributed by atoms with Gasteiger partial charge >= 0.3 is 5.69 Å². The highest BCUT2D eigenvalue weighted by molar-refractivity contribution is 9.13. The molecule has 3 N–H and O–H groups in total. The summed E-state index contributed by atoms with van der Waals surface area (Å²) in [5.74, 6) is 0.682. The summed E-state index contributed by atoms with van der Waals surface area (Å²) in [5, 5.41) is 15.0. The van der Waals surface area contributed by atoms with Crippen molar-refractivity contribution in [2.45, 2.75) is 51.2 Å². The maximum atomic E-state index is 11.5. The summed E-state index contributed by atoms with van der Waals surface area (Å²) in [6.07, 6.45) is 3.95. The molecule has 0 saturated heterocycles. The molecule has 0 radical (unpaired) electrons. The van der Waals surface area contributed by atoms with Crippen LogP contribution in [0.15, 0.2) is 15.0 Å². The Bertz CT molecular complexity index is 790. The molecule has 1 aromatic carbocycles. The minimum atomic E-state index is -0.395. The molecule has 0 atom stereocenters. The fraction of sp³-hybridized carbons (Fsp3) is 0.533. The Morgan fingerprint density at radius 1 is 1.40 bits per heavy atom. The van der Waals surface area contributed by atoms with Gasteiger partial charge in [0.2, 0.25) is 5.95 Å². The molecule has 0 unspecified atom stereocenters. The van der Waals surface area contributed by atoms with E-state index >= 15 is 0 Å². The molecular formula is C15H20Br2ClN5O2. The third-order valence-corrected chi connectivity index (χ3v) is 6.48. The lowest BCUT2D eigenvalue weighted by atomic mass is 9.92. The van der Waals surface area contributed by atoms with E-state index in [0.717, 1.165) is 31.2 Å². The van der Waals surface area contributed by atoms with Crippen LogP contribution < -0.4 is 11.1 Å². The highest BCUT2D eigenvalue weighted by Gasteiger charge is 2.27. The topological polar surface area (TPSA) is 99.0 Å². The number of benzene rings is 1. The normalized spacial score (nSPS) is 20.3. The number of anilines is 1. The molecule has 10 heteroatoms. The summed E-state index contributed by atoms with van der Waals surface area (Å²) in [6, 6.07) is 2.45. The van der Waals surface area contributed by atoms with Crippen molar-refractivity contribution in [3.05, 3.63) is 25.1 Å². The molecule has 0 bridgehead atoms. The first-order chi connectivity index (χ1) is 11.4. The maximum absolute atomic E-state index is 11.5. The Morgan fingerprint density at radius 2 is 2.04 bits per heavy atom. The van der Waals surface area contributed by atoms with Crippen LogP contribution in [0.3, 0.4) is 0 Å². The van der Waals surface area contributed by atoms with E-state index in [2.05, 4.69) is 42.2 Å². The van der Waals surface area contributed by atoms with E-state index in [9.17, 15) is 10.1 Å². The van der Waals surface area contributed by atoms with Gasteiger partial charge in [0, 0.05) is 23.1 Å². The average molecular weight is 498 g/mol. The fourth-order valence-electron chi connectivity index (χ4n) is 3.23. The Balaban J connectivity index is 0.00000225. The number of nitro groups is 1. The third kappa shape index (κ3) is 3.94. The van der Waals surface area contributed by atoms with E-state index < -0.39 is 4.92 Å². The number of nitrogens with one attached hydrogen (secondary N) is 1. The standard InChI is InChI=1S/C15H19Br2N5O2.ClH/c1-2-21-11-7-10(16)12(17)14(22(23)24)13(11)20-15(21)19-9-5-3-8(18)4-6-9;/h7-9H,2-6,18H2,1H3,(H,19,20);1H. The number of rotatable bonds is 4. The minimum absolute atomic E-state index is 0. The predicted molar refractivity (Wildman–Crippen MR) is 109 cm³/mol. The van der Waals surface area contributed by atoms with Gasteiger partial charge in [-0.05, 0) is 70.5 Å². The van der Waals surface area contributed by atoms with Crippen molar-refractivity contribution in [1.82, 2.24) is 9.55 Å². The summed E-state index contributed by atoms with van der Waals surface area (Å²) in [4.78, 5) is 15.6. The van der Waals surface area contributed by atoms with Gasteiger partial charge in [-0.3, -0.25) is 10.1 Å². The third-order valence-electron chi connectivity index (χ3n) is 4.52. The Kier molecular flexibility index (Phi) is 6.69. The van der Waals surface area contributed by atoms with Crippen LogP contribution in [-0.2, 0) is 6.54 Å². The van der Waals surface area contributed by atoms with Gasteiger partial charge in [-0.1, -0.05) is 0 Å². The predicted octanol–water partition coefficient (Wildman–Crippen LogP) is 4.59. The quantitative estimate of drug-likeness (QED) is 0.475. The molecule has 2 aromatic rings. The lowest BCUT2D eigenvalue weighted by Crippen LogP contribution is -2.33. The van der Waals surface area contributed by atoms with Crippen molar-refractivity contribution in [3.8, 4) is 0 Å². The van der Waals surface area contributed by atoms with E-state index in [1.54, 1.807) is 0 Å². The van der Waals surface area contributed by atoms with Gasteiger partial charge < -0.3 is 15.6 Å². The molecule has 1 aliphatic rings. The first-order valence-electron chi connectivity index (χ1n) is 7.97. The van der Waals surface area contributed by atoms with Gasteiger partial charge in [0.25, 0.3) is 0 Å². The summed E-state index contributed by atoms with van der Waals surface area (Å²) >= 11 is 6.68. The number of aryl methyl sites for hydroxylation is 1. The zero-order valence-corrected chi connectivity index (χ0v) is 17.7. The molecule has 0 spiro atoms. The second-order valence-electron chi connectivity index (χ2n) is 6.08. The number of aromatic nitrogens is 2. The van der Waals surface area contributed by atoms with Crippen LogP contribution in [0.5, 0.6) is 0 Å². The molecule has 3 rings (SSSR count). The average Bonchev–Trinajstić information content (AvgIpc) is 2.86. The second-order valence-corrected chi connectivity index (χ2v) is 7.73. The van der Waals surface area contributed by atoms with Crippen LogP contribution in [0.25, 0.3) is 11.0 Å². The SMILES string of the molecule is CCn1c(NC2CCC(N)CC2)nc2c([N+](=O)[O-])c(Br)c(Br)cc21.Cl. The molecule has 25 heavy (non-hydrogen) atoms. The molecule has 0 aliphatic heterocycles.